The lowest BCUT2D eigenvalue weighted by molar-refractivity contribution is -0.132. The fourth-order valence-electron chi connectivity index (χ4n) is 3.34. The molecule has 0 N–H and O–H groups in total. The van der Waals surface area contributed by atoms with Gasteiger partial charge >= 0.3 is 0 Å². The van der Waals surface area contributed by atoms with E-state index in [1.165, 1.54) is 0 Å². The van der Waals surface area contributed by atoms with Crippen LogP contribution in [-0.2, 0) is 16.6 Å². The van der Waals surface area contributed by atoms with E-state index < -0.39 is 0 Å². The van der Waals surface area contributed by atoms with Crippen molar-refractivity contribution in [3.8, 4) is 0 Å². The van der Waals surface area contributed by atoms with Crippen molar-refractivity contribution >= 4 is 5.91 Å². The Kier molecular flexibility index (Phi) is 4.93. The lowest BCUT2D eigenvalue weighted by atomic mass is 9.94. The number of rotatable bonds is 4. The van der Waals surface area contributed by atoms with Gasteiger partial charge in [0.2, 0.25) is 5.91 Å². The predicted octanol–water partition coefficient (Wildman–Crippen LogP) is 3.91. The van der Waals surface area contributed by atoms with Crippen LogP contribution < -0.4 is 0 Å². The molecule has 134 valence electrons. The van der Waals surface area contributed by atoms with Crippen molar-refractivity contribution in [3.63, 3.8) is 0 Å². The summed E-state index contributed by atoms with van der Waals surface area (Å²) in [5.74, 6) is 2.17. The first-order valence-electron chi connectivity index (χ1n) is 8.99. The van der Waals surface area contributed by atoms with Gasteiger partial charge in [-0.3, -0.25) is 9.78 Å². The summed E-state index contributed by atoms with van der Waals surface area (Å²) in [5.41, 5.74) is 1.05. The first-order chi connectivity index (χ1) is 11.8. The average molecular weight is 341 g/mol. The van der Waals surface area contributed by atoms with Gasteiger partial charge in [-0.25, -0.2) is 4.98 Å². The highest BCUT2D eigenvalue weighted by molar-refractivity contribution is 5.77. The molecule has 2 aromatic rings. The highest BCUT2D eigenvalue weighted by atomic mass is 16.4. The van der Waals surface area contributed by atoms with Gasteiger partial charge in [-0.2, -0.15) is 0 Å². The Morgan fingerprint density at radius 1 is 1.36 bits per heavy atom. The first kappa shape index (κ1) is 17.6. The molecule has 25 heavy (non-hydrogen) atoms. The smallest absolute Gasteiger partial charge is 0.223 e. The van der Waals surface area contributed by atoms with Crippen LogP contribution in [0, 0.1) is 5.92 Å². The maximum absolute atomic E-state index is 12.8. The van der Waals surface area contributed by atoms with Gasteiger partial charge in [0, 0.05) is 37.2 Å². The molecule has 0 radical (unpaired) electrons. The molecule has 5 nitrogen and oxygen atoms in total. The van der Waals surface area contributed by atoms with Crippen LogP contribution in [0.15, 0.2) is 35.1 Å². The van der Waals surface area contributed by atoms with E-state index in [0.717, 1.165) is 24.3 Å². The third-order valence-corrected chi connectivity index (χ3v) is 4.75. The third-order valence-electron chi connectivity index (χ3n) is 4.75. The lowest BCUT2D eigenvalue weighted by Gasteiger charge is -2.24. The van der Waals surface area contributed by atoms with E-state index in [1.807, 2.05) is 17.2 Å². The van der Waals surface area contributed by atoms with Gasteiger partial charge in [0.25, 0.3) is 0 Å². The van der Waals surface area contributed by atoms with Gasteiger partial charge in [-0.15, -0.1) is 0 Å². The van der Waals surface area contributed by atoms with Crippen LogP contribution >= 0.6 is 0 Å². The fourth-order valence-corrected chi connectivity index (χ4v) is 3.34. The summed E-state index contributed by atoms with van der Waals surface area (Å²) in [6, 6.07) is 4.12. The normalized spacial score (nSPS) is 20.9. The second kappa shape index (κ2) is 6.98. The monoisotopic (exact) mass is 341 g/mol. The summed E-state index contributed by atoms with van der Waals surface area (Å²) in [6.07, 6.45) is 7.37. The van der Waals surface area contributed by atoms with Crippen molar-refractivity contribution in [2.45, 2.75) is 58.4 Å². The molecular formula is C20H27N3O2. The minimum atomic E-state index is -0.0644. The summed E-state index contributed by atoms with van der Waals surface area (Å²) in [7, 11) is 0. The summed E-state index contributed by atoms with van der Waals surface area (Å²) in [5, 5.41) is 0. The second-order valence-electron chi connectivity index (χ2n) is 8.06. The van der Waals surface area contributed by atoms with E-state index in [1.54, 1.807) is 12.4 Å². The van der Waals surface area contributed by atoms with Crippen LogP contribution in [0.2, 0.25) is 0 Å². The Labute approximate surface area is 149 Å². The molecule has 3 rings (SSSR count). The first-order valence-corrected chi connectivity index (χ1v) is 8.99. The van der Waals surface area contributed by atoms with Crippen molar-refractivity contribution in [2.24, 2.45) is 5.92 Å². The van der Waals surface area contributed by atoms with E-state index in [4.69, 9.17) is 4.42 Å². The molecule has 2 aromatic heterocycles. The van der Waals surface area contributed by atoms with E-state index in [9.17, 15) is 4.79 Å². The van der Waals surface area contributed by atoms with Gasteiger partial charge in [0.15, 0.2) is 5.89 Å². The van der Waals surface area contributed by atoms with Crippen LogP contribution in [0.25, 0.3) is 0 Å². The zero-order valence-electron chi connectivity index (χ0n) is 15.5. The zero-order chi connectivity index (χ0) is 18.0. The van der Waals surface area contributed by atoms with Crippen LogP contribution in [0.5, 0.6) is 0 Å². The number of oxazole rings is 1. The highest BCUT2D eigenvalue weighted by Crippen LogP contribution is 2.35. The van der Waals surface area contributed by atoms with Gasteiger partial charge in [-0.1, -0.05) is 33.8 Å². The molecule has 0 unspecified atom stereocenters. The topological polar surface area (TPSA) is 59.2 Å². The number of likely N-dealkylation sites (tertiary alicyclic amines) is 1. The summed E-state index contributed by atoms with van der Waals surface area (Å²) < 4.78 is 5.80. The van der Waals surface area contributed by atoms with Crippen molar-refractivity contribution in [2.75, 3.05) is 6.54 Å². The van der Waals surface area contributed by atoms with Crippen molar-refractivity contribution < 1.29 is 9.21 Å². The zero-order valence-corrected chi connectivity index (χ0v) is 15.5. The van der Waals surface area contributed by atoms with Gasteiger partial charge in [0.05, 0.1) is 12.2 Å². The number of carbonyl (C=O) groups is 1. The maximum atomic E-state index is 12.8. The summed E-state index contributed by atoms with van der Waals surface area (Å²) >= 11 is 0. The van der Waals surface area contributed by atoms with Gasteiger partial charge in [0.1, 0.15) is 5.76 Å². The van der Waals surface area contributed by atoms with Crippen molar-refractivity contribution in [1.29, 1.82) is 0 Å². The Balaban J connectivity index is 1.65. The molecule has 0 saturated carbocycles. The number of nitrogens with zero attached hydrogens (tertiary/aromatic N) is 3. The molecule has 0 aromatic carbocycles. The van der Waals surface area contributed by atoms with E-state index in [-0.39, 0.29) is 17.4 Å². The number of pyridine rings is 1. The Bertz CT molecular complexity index is 718. The molecular weight excluding hydrogens is 314 g/mol. The fraction of sp³-hybridized carbons (Fsp3) is 0.550. The highest BCUT2D eigenvalue weighted by Gasteiger charge is 2.34. The van der Waals surface area contributed by atoms with Crippen LogP contribution in [-0.4, -0.2) is 27.3 Å². The molecule has 0 bridgehead atoms. The summed E-state index contributed by atoms with van der Waals surface area (Å²) in [6.45, 7) is 9.27. The molecule has 5 heteroatoms. The van der Waals surface area contributed by atoms with E-state index in [2.05, 4.69) is 43.7 Å². The molecule has 2 atom stereocenters. The molecule has 0 aliphatic carbocycles. The molecule has 1 aliphatic rings. The molecule has 1 amide bonds. The number of carbonyl (C=O) groups excluding carboxylic acids is 1. The quantitative estimate of drug-likeness (QED) is 0.846. The number of aryl methyl sites for hydroxylation is 1. The summed E-state index contributed by atoms with van der Waals surface area (Å²) in [4.78, 5) is 23.3. The van der Waals surface area contributed by atoms with E-state index >= 15 is 0 Å². The Morgan fingerprint density at radius 3 is 2.80 bits per heavy atom. The van der Waals surface area contributed by atoms with Gasteiger partial charge < -0.3 is 9.32 Å². The Morgan fingerprint density at radius 2 is 2.16 bits per heavy atom. The molecule has 1 saturated heterocycles. The minimum absolute atomic E-state index is 0.0644. The van der Waals surface area contributed by atoms with Crippen LogP contribution in [0.1, 0.15) is 63.8 Å². The Hall–Kier alpha value is -2.17. The molecule has 3 heterocycles. The maximum Gasteiger partial charge on any atom is 0.223 e. The van der Waals surface area contributed by atoms with Crippen molar-refractivity contribution in [1.82, 2.24) is 14.9 Å². The number of hydrogen-bond acceptors (Lipinski definition) is 4. The van der Waals surface area contributed by atoms with E-state index in [0.29, 0.717) is 24.7 Å². The number of aromatic nitrogens is 2. The van der Waals surface area contributed by atoms with Crippen LogP contribution in [0.3, 0.4) is 0 Å². The minimum Gasteiger partial charge on any atom is -0.445 e. The molecule has 1 fully saturated rings. The second-order valence-corrected chi connectivity index (χ2v) is 8.06. The SMILES string of the molecule is C[C@@H]1C[C@@H](c2cccnc2)N(C(=O)CCc2ncc(C(C)(C)C)o2)C1. The van der Waals surface area contributed by atoms with Crippen molar-refractivity contribution in [3.05, 3.63) is 47.9 Å². The number of hydrogen-bond donors (Lipinski definition) is 0. The lowest BCUT2D eigenvalue weighted by Crippen LogP contribution is -2.31. The largest absolute Gasteiger partial charge is 0.445 e. The standard InChI is InChI=1S/C20H27N3O2/c1-14-10-16(15-6-5-9-21-11-15)23(13-14)19(24)8-7-18-22-12-17(25-18)20(2,3)4/h5-6,9,11-12,14,16H,7-8,10,13H2,1-4H3/t14-,16+/m1/s1. The molecule has 0 spiro atoms. The average Bonchev–Trinajstić information content (AvgIpc) is 3.20. The molecule has 1 aliphatic heterocycles. The van der Waals surface area contributed by atoms with Gasteiger partial charge in [-0.05, 0) is 24.0 Å². The number of amides is 1. The third kappa shape index (κ3) is 4.09. The van der Waals surface area contributed by atoms with Crippen LogP contribution in [0.4, 0.5) is 0 Å². The predicted molar refractivity (Wildman–Crippen MR) is 96.0 cm³/mol.